The van der Waals surface area contributed by atoms with Gasteiger partial charge in [0.2, 0.25) is 5.91 Å². The number of anilines is 1. The first-order chi connectivity index (χ1) is 13.9. The summed E-state index contributed by atoms with van der Waals surface area (Å²) in [5, 5.41) is 12.5. The number of rotatable bonds is 5. The van der Waals surface area contributed by atoms with Gasteiger partial charge in [-0.1, -0.05) is 32.1 Å². The van der Waals surface area contributed by atoms with Crippen LogP contribution >= 0.6 is 0 Å². The lowest BCUT2D eigenvalue weighted by molar-refractivity contribution is -0.165. The number of carbonyl (C=O) groups excluding carboxylic acids is 2. The molecule has 1 aromatic heterocycles. The Morgan fingerprint density at radius 3 is 2.55 bits per heavy atom. The second-order valence-corrected chi connectivity index (χ2v) is 8.23. The molecule has 1 aromatic rings. The molecule has 1 saturated heterocycles. The molecule has 158 valence electrons. The molecular formula is C21H30N4O4. The first-order valence-corrected chi connectivity index (χ1v) is 10.4. The first kappa shape index (κ1) is 21.1. The molecule has 1 aliphatic carbocycles. The van der Waals surface area contributed by atoms with Gasteiger partial charge in [-0.3, -0.25) is 4.79 Å². The number of amides is 3. The van der Waals surface area contributed by atoms with Crippen molar-refractivity contribution in [2.45, 2.75) is 70.4 Å². The van der Waals surface area contributed by atoms with Crippen molar-refractivity contribution in [3.63, 3.8) is 0 Å². The van der Waals surface area contributed by atoms with Crippen LogP contribution in [0.3, 0.4) is 0 Å². The molecule has 2 aliphatic rings. The first-order valence-electron chi connectivity index (χ1n) is 10.4. The Hall–Kier alpha value is -2.64. The minimum absolute atomic E-state index is 0.0955. The van der Waals surface area contributed by atoms with Crippen LogP contribution in [0.25, 0.3) is 0 Å². The van der Waals surface area contributed by atoms with Gasteiger partial charge in [0, 0.05) is 12.2 Å². The summed E-state index contributed by atoms with van der Waals surface area (Å²) in [7, 11) is 0. The third kappa shape index (κ3) is 4.86. The molecule has 8 nitrogen and oxygen atoms in total. The van der Waals surface area contributed by atoms with Crippen LogP contribution in [0.2, 0.25) is 0 Å². The third-order valence-corrected chi connectivity index (χ3v) is 6.19. The summed E-state index contributed by atoms with van der Waals surface area (Å²) in [6, 6.07) is 1.44. The van der Waals surface area contributed by atoms with E-state index in [-0.39, 0.29) is 12.5 Å². The van der Waals surface area contributed by atoms with Gasteiger partial charge in [0.15, 0.2) is 6.04 Å². The summed E-state index contributed by atoms with van der Waals surface area (Å²) in [4.78, 5) is 41.9. The van der Waals surface area contributed by atoms with E-state index in [4.69, 9.17) is 5.73 Å². The van der Waals surface area contributed by atoms with E-state index in [9.17, 15) is 19.5 Å². The average molecular weight is 402 g/mol. The molecule has 1 aliphatic heterocycles. The van der Waals surface area contributed by atoms with Gasteiger partial charge < -0.3 is 16.2 Å². The number of carbonyl (C=O) groups is 3. The van der Waals surface area contributed by atoms with E-state index < -0.39 is 29.9 Å². The molecule has 0 unspecified atom stereocenters. The van der Waals surface area contributed by atoms with E-state index in [1.54, 1.807) is 12.1 Å². The highest BCUT2D eigenvalue weighted by molar-refractivity contribution is 6.07. The van der Waals surface area contributed by atoms with Gasteiger partial charge in [0.25, 0.3) is 0 Å². The minimum Gasteiger partial charge on any atom is -0.480 e. The maximum Gasteiger partial charge on any atom is 0.327 e. The zero-order valence-electron chi connectivity index (χ0n) is 16.8. The Labute approximate surface area is 170 Å². The topological polar surface area (TPSA) is 126 Å². The van der Waals surface area contributed by atoms with E-state index in [0.717, 1.165) is 36.1 Å². The maximum absolute atomic E-state index is 12.7. The molecule has 3 amide bonds. The number of aliphatic carboxylic acids is 1. The van der Waals surface area contributed by atoms with Crippen molar-refractivity contribution < 1.29 is 19.5 Å². The van der Waals surface area contributed by atoms with Crippen LogP contribution in [-0.4, -0.2) is 45.0 Å². The van der Waals surface area contributed by atoms with Crippen LogP contribution < -0.4 is 11.1 Å². The van der Waals surface area contributed by atoms with Crippen LogP contribution in [-0.2, 0) is 16.0 Å². The van der Waals surface area contributed by atoms with Gasteiger partial charge in [0.05, 0.1) is 5.92 Å². The lowest BCUT2D eigenvalue weighted by Gasteiger charge is -2.43. The lowest BCUT2D eigenvalue weighted by atomic mass is 9.82. The Bertz CT molecular complexity index is 761. The quantitative estimate of drug-likeness (QED) is 0.650. The molecule has 2 heterocycles. The number of nitrogen functional groups attached to an aromatic ring is 1. The number of likely N-dealkylation sites (tertiary alicyclic amines) is 1. The standard InChI is InChI=1S/C21H30N4O4/c1-13(15-7-5-3-2-4-6-8-15)24-21(29)25-18(20(27)28)16(19(25)26)11-14-9-10-23-17(22)12-14/h9-10,12-13,15-16,18H,2-8,11H2,1H3,(H2,22,23)(H,24,29)(H,27,28)/t13-,16-,18+/m1/s1. The zero-order chi connectivity index (χ0) is 21.0. The van der Waals surface area contributed by atoms with Gasteiger partial charge in [-0.15, -0.1) is 0 Å². The zero-order valence-corrected chi connectivity index (χ0v) is 16.8. The molecule has 0 aromatic carbocycles. The summed E-state index contributed by atoms with van der Waals surface area (Å²) in [6.45, 7) is 1.95. The monoisotopic (exact) mass is 402 g/mol. The Balaban J connectivity index is 1.63. The number of hydrogen-bond donors (Lipinski definition) is 3. The molecule has 4 N–H and O–H groups in total. The van der Waals surface area contributed by atoms with Crippen molar-refractivity contribution in [1.29, 1.82) is 0 Å². The van der Waals surface area contributed by atoms with Gasteiger partial charge in [-0.25, -0.2) is 19.5 Å². The van der Waals surface area contributed by atoms with Crippen molar-refractivity contribution >= 4 is 23.7 Å². The van der Waals surface area contributed by atoms with Gasteiger partial charge in [-0.2, -0.15) is 0 Å². The van der Waals surface area contributed by atoms with Crippen molar-refractivity contribution in [3.8, 4) is 0 Å². The molecule has 8 heteroatoms. The molecule has 29 heavy (non-hydrogen) atoms. The second kappa shape index (κ2) is 9.24. The summed E-state index contributed by atoms with van der Waals surface area (Å²) >= 11 is 0. The van der Waals surface area contributed by atoms with Crippen LogP contribution in [0.1, 0.15) is 57.4 Å². The molecule has 3 rings (SSSR count). The van der Waals surface area contributed by atoms with Gasteiger partial charge in [-0.05, 0) is 49.8 Å². The average Bonchev–Trinajstić information content (AvgIpc) is 2.63. The van der Waals surface area contributed by atoms with Crippen LogP contribution in [0.15, 0.2) is 18.3 Å². The number of carboxylic acid groups (broad SMARTS) is 1. The fraction of sp³-hybridized carbons (Fsp3) is 0.619. The highest BCUT2D eigenvalue weighted by Crippen LogP contribution is 2.31. The Morgan fingerprint density at radius 2 is 1.93 bits per heavy atom. The van der Waals surface area contributed by atoms with Crippen LogP contribution in [0.4, 0.5) is 10.6 Å². The maximum atomic E-state index is 12.7. The fourth-order valence-corrected chi connectivity index (χ4v) is 4.50. The van der Waals surface area contributed by atoms with Crippen LogP contribution in [0, 0.1) is 11.8 Å². The van der Waals surface area contributed by atoms with Crippen molar-refractivity contribution in [2.24, 2.45) is 11.8 Å². The smallest absolute Gasteiger partial charge is 0.327 e. The predicted octanol–water partition coefficient (Wildman–Crippen LogP) is 2.58. The van der Waals surface area contributed by atoms with Gasteiger partial charge >= 0.3 is 12.0 Å². The molecule has 2 fully saturated rings. The summed E-state index contributed by atoms with van der Waals surface area (Å²) in [5.74, 6) is -1.75. The predicted molar refractivity (Wildman–Crippen MR) is 108 cm³/mol. The number of β-lactam (4-membered cyclic amide) rings is 1. The largest absolute Gasteiger partial charge is 0.480 e. The Kier molecular flexibility index (Phi) is 6.71. The third-order valence-electron chi connectivity index (χ3n) is 6.19. The number of imide groups is 1. The number of nitrogens with one attached hydrogen (secondary N) is 1. The second-order valence-electron chi connectivity index (χ2n) is 8.23. The van der Waals surface area contributed by atoms with Crippen LogP contribution in [0.5, 0.6) is 0 Å². The normalized spacial score (nSPS) is 24.2. The molecule has 3 atom stereocenters. The lowest BCUT2D eigenvalue weighted by Crippen LogP contribution is -2.69. The summed E-state index contributed by atoms with van der Waals surface area (Å²) in [5.41, 5.74) is 6.38. The van der Waals surface area contributed by atoms with Crippen molar-refractivity contribution in [3.05, 3.63) is 23.9 Å². The molecule has 0 spiro atoms. The van der Waals surface area contributed by atoms with E-state index in [1.165, 1.54) is 25.5 Å². The van der Waals surface area contributed by atoms with E-state index in [2.05, 4.69) is 10.3 Å². The van der Waals surface area contributed by atoms with E-state index in [1.807, 2.05) is 6.92 Å². The summed E-state index contributed by atoms with van der Waals surface area (Å²) in [6.07, 6.45) is 9.79. The highest BCUT2D eigenvalue weighted by Gasteiger charge is 2.54. The van der Waals surface area contributed by atoms with Crippen molar-refractivity contribution in [2.75, 3.05) is 5.73 Å². The number of hydrogen-bond acceptors (Lipinski definition) is 5. The summed E-state index contributed by atoms with van der Waals surface area (Å²) < 4.78 is 0. The molecular weight excluding hydrogens is 372 g/mol. The van der Waals surface area contributed by atoms with Crippen molar-refractivity contribution in [1.82, 2.24) is 15.2 Å². The number of pyridine rings is 1. The number of urea groups is 1. The number of aromatic nitrogens is 1. The molecule has 0 radical (unpaired) electrons. The SMILES string of the molecule is C[C@@H](NC(=O)N1C(=O)[C@H](Cc2ccnc(N)c2)[C@H]1C(=O)O)C1CCCCCCC1. The number of nitrogens with two attached hydrogens (primary N) is 1. The Morgan fingerprint density at radius 1 is 1.28 bits per heavy atom. The highest BCUT2D eigenvalue weighted by atomic mass is 16.4. The minimum atomic E-state index is -1.18. The van der Waals surface area contributed by atoms with E-state index in [0.29, 0.717) is 11.7 Å². The fourth-order valence-electron chi connectivity index (χ4n) is 4.50. The number of nitrogens with zero attached hydrogens (tertiary/aromatic N) is 2. The molecule has 0 bridgehead atoms. The molecule has 1 saturated carbocycles. The number of carboxylic acids is 1. The van der Waals surface area contributed by atoms with E-state index >= 15 is 0 Å². The van der Waals surface area contributed by atoms with Gasteiger partial charge in [0.1, 0.15) is 5.82 Å².